The molecule has 14 heavy (non-hydrogen) atoms. The van der Waals surface area contributed by atoms with Crippen molar-refractivity contribution in [2.75, 3.05) is 0 Å². The molecule has 0 N–H and O–H groups in total. The molecule has 0 saturated heterocycles. The maximum absolute atomic E-state index is 10.6. The minimum absolute atomic E-state index is 0.692. The van der Waals surface area contributed by atoms with Crippen LogP contribution in [-0.4, -0.2) is 12.6 Å². The first kappa shape index (κ1) is 8.88. The van der Waals surface area contributed by atoms with Crippen LogP contribution >= 0.6 is 0 Å². The highest BCUT2D eigenvalue weighted by molar-refractivity contribution is 5.77. The lowest BCUT2D eigenvalue weighted by molar-refractivity contribution is -0.105. The van der Waals surface area contributed by atoms with E-state index in [1.807, 2.05) is 18.2 Å². The van der Waals surface area contributed by atoms with Gasteiger partial charge in [0.15, 0.2) is 0 Å². The van der Waals surface area contributed by atoms with Gasteiger partial charge in [0.1, 0.15) is 12.6 Å². The third-order valence-corrected chi connectivity index (χ3v) is 2.50. The lowest BCUT2D eigenvalue weighted by Gasteiger charge is -2.13. The minimum atomic E-state index is 0.692. The van der Waals surface area contributed by atoms with Gasteiger partial charge in [0.25, 0.3) is 0 Å². The zero-order valence-electron chi connectivity index (χ0n) is 7.69. The van der Waals surface area contributed by atoms with Crippen LogP contribution in [0.5, 0.6) is 0 Å². The van der Waals surface area contributed by atoms with Crippen molar-refractivity contribution in [3.63, 3.8) is 0 Å². The van der Waals surface area contributed by atoms with Crippen molar-refractivity contribution in [3.8, 4) is 0 Å². The Bertz CT molecular complexity index is 416. The van der Waals surface area contributed by atoms with Gasteiger partial charge >= 0.3 is 0 Å². The van der Waals surface area contributed by atoms with Crippen LogP contribution in [0.15, 0.2) is 29.8 Å². The highest BCUT2D eigenvalue weighted by atomic mass is 16.1. The van der Waals surface area contributed by atoms with Gasteiger partial charge in [-0.3, -0.25) is 9.59 Å². The van der Waals surface area contributed by atoms with E-state index in [9.17, 15) is 9.59 Å². The fourth-order valence-electron chi connectivity index (χ4n) is 1.70. The molecular formula is C12H10O2. The van der Waals surface area contributed by atoms with Crippen LogP contribution in [0.2, 0.25) is 0 Å². The molecule has 0 spiro atoms. The Morgan fingerprint density at radius 3 is 2.64 bits per heavy atom. The lowest BCUT2D eigenvalue weighted by atomic mass is 9.91. The highest BCUT2D eigenvalue weighted by Gasteiger charge is 2.10. The molecule has 0 fully saturated rings. The molecule has 0 saturated carbocycles. The highest BCUT2D eigenvalue weighted by Crippen LogP contribution is 2.20. The number of hydrogen-bond acceptors (Lipinski definition) is 2. The van der Waals surface area contributed by atoms with Crippen molar-refractivity contribution >= 4 is 12.6 Å². The van der Waals surface area contributed by atoms with Crippen LogP contribution in [0.1, 0.15) is 21.5 Å². The first-order valence-electron chi connectivity index (χ1n) is 4.54. The van der Waals surface area contributed by atoms with Crippen LogP contribution in [0.4, 0.5) is 0 Å². The normalized spacial score (nSPS) is 14.1. The van der Waals surface area contributed by atoms with Crippen molar-refractivity contribution in [1.82, 2.24) is 0 Å². The lowest BCUT2D eigenvalue weighted by Crippen LogP contribution is -2.04. The molecule has 0 radical (unpaired) electrons. The van der Waals surface area contributed by atoms with Gasteiger partial charge in [-0.05, 0) is 29.2 Å². The Labute approximate surface area is 82.2 Å². The molecule has 0 aliphatic heterocycles. The van der Waals surface area contributed by atoms with Crippen molar-refractivity contribution < 1.29 is 9.59 Å². The standard InChI is InChI=1S/C12H10O2/c13-7-9-1-3-11-6-10(8-14)2-4-12(11)5-9/h1-3,5,7-8H,4,6H2. The number of benzene rings is 1. The Morgan fingerprint density at radius 1 is 1.07 bits per heavy atom. The number of aldehydes is 2. The summed E-state index contributed by atoms with van der Waals surface area (Å²) in [6.07, 6.45) is 5.11. The molecule has 1 aromatic rings. The van der Waals surface area contributed by atoms with E-state index in [0.29, 0.717) is 12.0 Å². The summed E-state index contributed by atoms with van der Waals surface area (Å²) in [6, 6.07) is 5.61. The van der Waals surface area contributed by atoms with Crippen LogP contribution in [0, 0.1) is 0 Å². The fourth-order valence-corrected chi connectivity index (χ4v) is 1.70. The zero-order valence-corrected chi connectivity index (χ0v) is 7.69. The van der Waals surface area contributed by atoms with Crippen LogP contribution in [0.25, 0.3) is 0 Å². The zero-order chi connectivity index (χ0) is 9.97. The average Bonchev–Trinajstić information content (AvgIpc) is 2.27. The van der Waals surface area contributed by atoms with Gasteiger partial charge in [-0.15, -0.1) is 0 Å². The third-order valence-electron chi connectivity index (χ3n) is 2.50. The summed E-state index contributed by atoms with van der Waals surface area (Å²) < 4.78 is 0. The Hall–Kier alpha value is -1.70. The van der Waals surface area contributed by atoms with Gasteiger partial charge in [-0.25, -0.2) is 0 Å². The molecule has 2 nitrogen and oxygen atoms in total. The molecule has 1 aliphatic carbocycles. The summed E-state index contributed by atoms with van der Waals surface area (Å²) in [7, 11) is 0. The van der Waals surface area contributed by atoms with Crippen molar-refractivity contribution in [2.45, 2.75) is 12.8 Å². The monoisotopic (exact) mass is 186 g/mol. The second-order valence-corrected chi connectivity index (χ2v) is 3.42. The maximum Gasteiger partial charge on any atom is 0.150 e. The second kappa shape index (κ2) is 3.58. The molecule has 1 aromatic carbocycles. The van der Waals surface area contributed by atoms with Crippen molar-refractivity contribution in [1.29, 1.82) is 0 Å². The first-order valence-corrected chi connectivity index (χ1v) is 4.54. The molecule has 0 unspecified atom stereocenters. The van der Waals surface area contributed by atoms with Crippen LogP contribution in [-0.2, 0) is 17.6 Å². The molecule has 2 heteroatoms. The summed E-state index contributed by atoms with van der Waals surface area (Å²) in [4.78, 5) is 21.1. The van der Waals surface area contributed by atoms with Gasteiger partial charge < -0.3 is 0 Å². The second-order valence-electron chi connectivity index (χ2n) is 3.42. The first-order chi connectivity index (χ1) is 6.83. The Balaban J connectivity index is 2.37. The van der Waals surface area contributed by atoms with Gasteiger partial charge in [-0.1, -0.05) is 18.2 Å². The molecule has 0 heterocycles. The third kappa shape index (κ3) is 1.51. The molecule has 0 amide bonds. The molecule has 2 rings (SSSR count). The number of carbonyl (C=O) groups is 2. The van der Waals surface area contributed by atoms with E-state index in [2.05, 4.69) is 0 Å². The van der Waals surface area contributed by atoms with E-state index in [-0.39, 0.29) is 0 Å². The van der Waals surface area contributed by atoms with Crippen LogP contribution < -0.4 is 0 Å². The summed E-state index contributed by atoms with van der Waals surface area (Å²) >= 11 is 0. The van der Waals surface area contributed by atoms with Gasteiger partial charge in [0, 0.05) is 12.0 Å². The van der Waals surface area contributed by atoms with E-state index in [0.717, 1.165) is 35.7 Å². The summed E-state index contributed by atoms with van der Waals surface area (Å²) in [5.41, 5.74) is 3.84. The number of hydrogen-bond donors (Lipinski definition) is 0. The van der Waals surface area contributed by atoms with Crippen molar-refractivity contribution in [3.05, 3.63) is 46.5 Å². The SMILES string of the molecule is O=CC1=CCc2cc(C=O)ccc2C1. The van der Waals surface area contributed by atoms with E-state index in [1.54, 1.807) is 6.07 Å². The number of carbonyl (C=O) groups excluding carboxylic acids is 2. The van der Waals surface area contributed by atoms with Gasteiger partial charge in [0.05, 0.1) is 0 Å². The van der Waals surface area contributed by atoms with E-state index < -0.39 is 0 Å². The minimum Gasteiger partial charge on any atom is -0.298 e. The van der Waals surface area contributed by atoms with Crippen molar-refractivity contribution in [2.24, 2.45) is 0 Å². The molecule has 0 atom stereocenters. The predicted octanol–water partition coefficient (Wildman–Crippen LogP) is 1.72. The molecule has 0 aromatic heterocycles. The maximum atomic E-state index is 10.6. The largest absolute Gasteiger partial charge is 0.298 e. The average molecular weight is 186 g/mol. The van der Waals surface area contributed by atoms with E-state index >= 15 is 0 Å². The van der Waals surface area contributed by atoms with E-state index in [4.69, 9.17) is 0 Å². The predicted molar refractivity (Wildman–Crippen MR) is 53.4 cm³/mol. The van der Waals surface area contributed by atoms with Gasteiger partial charge in [0.2, 0.25) is 0 Å². The summed E-state index contributed by atoms with van der Waals surface area (Å²) in [6.45, 7) is 0. The quantitative estimate of drug-likeness (QED) is 0.659. The summed E-state index contributed by atoms with van der Waals surface area (Å²) in [5.74, 6) is 0. The topological polar surface area (TPSA) is 34.1 Å². The summed E-state index contributed by atoms with van der Waals surface area (Å²) in [5, 5.41) is 0. The molecular weight excluding hydrogens is 176 g/mol. The number of rotatable bonds is 2. The fraction of sp³-hybridized carbons (Fsp3) is 0.167. The Morgan fingerprint density at radius 2 is 1.93 bits per heavy atom. The Kier molecular flexibility index (Phi) is 2.27. The molecule has 0 bridgehead atoms. The molecule has 70 valence electrons. The van der Waals surface area contributed by atoms with Gasteiger partial charge in [-0.2, -0.15) is 0 Å². The van der Waals surface area contributed by atoms with Crippen LogP contribution in [0.3, 0.4) is 0 Å². The number of allylic oxidation sites excluding steroid dienone is 2. The number of fused-ring (bicyclic) bond motifs is 1. The molecule has 1 aliphatic rings. The smallest absolute Gasteiger partial charge is 0.150 e. The van der Waals surface area contributed by atoms with E-state index in [1.165, 1.54) is 0 Å².